The third kappa shape index (κ3) is 4.78. The maximum absolute atomic E-state index is 5.52. The van der Waals surface area contributed by atoms with Gasteiger partial charge in [-0.15, -0.1) is 23.2 Å². The SMILES string of the molecule is NC#CC(CCCl)CCCl. The zero-order valence-electron chi connectivity index (χ0n) is 5.74. The van der Waals surface area contributed by atoms with Crippen LogP contribution in [0.25, 0.3) is 0 Å². The van der Waals surface area contributed by atoms with Crippen molar-refractivity contribution in [3.8, 4) is 12.0 Å². The Kier molecular flexibility index (Phi) is 7.01. The van der Waals surface area contributed by atoms with Crippen molar-refractivity contribution >= 4 is 23.2 Å². The number of halogens is 2. The molecule has 0 aromatic rings. The van der Waals surface area contributed by atoms with E-state index in [1.807, 2.05) is 0 Å². The fraction of sp³-hybridized carbons (Fsp3) is 0.714. The zero-order chi connectivity index (χ0) is 7.82. The summed E-state index contributed by atoms with van der Waals surface area (Å²) in [5.74, 6) is 4.36. The molecule has 3 heteroatoms. The first-order chi connectivity index (χ1) is 4.85. The normalized spacial score (nSPS) is 9.10. The molecule has 0 saturated heterocycles. The highest BCUT2D eigenvalue weighted by Gasteiger charge is 2.01. The van der Waals surface area contributed by atoms with Gasteiger partial charge in [0.25, 0.3) is 0 Å². The molecule has 0 saturated carbocycles. The molecule has 0 spiro atoms. The molecule has 0 fully saturated rings. The standard InChI is InChI=1S/C7H11Cl2N/c8-4-1-7(2-5-9)3-6-10/h7H,1-2,4-5,10H2. The van der Waals surface area contributed by atoms with Gasteiger partial charge in [0.1, 0.15) is 0 Å². The van der Waals surface area contributed by atoms with Crippen LogP contribution in [0.4, 0.5) is 0 Å². The van der Waals surface area contributed by atoms with Gasteiger partial charge in [-0.05, 0) is 12.8 Å². The topological polar surface area (TPSA) is 26.0 Å². The lowest BCUT2D eigenvalue weighted by atomic mass is 10.1. The van der Waals surface area contributed by atoms with Crippen LogP contribution in [0.15, 0.2) is 0 Å². The maximum Gasteiger partial charge on any atom is 0.0243 e. The van der Waals surface area contributed by atoms with Gasteiger partial charge in [0.05, 0.1) is 0 Å². The lowest BCUT2D eigenvalue weighted by molar-refractivity contribution is 0.634. The van der Waals surface area contributed by atoms with Crippen LogP contribution in [0, 0.1) is 17.9 Å². The summed E-state index contributed by atoms with van der Waals surface area (Å²) >= 11 is 11.0. The molecule has 2 N–H and O–H groups in total. The Morgan fingerprint density at radius 3 is 2.00 bits per heavy atom. The van der Waals surface area contributed by atoms with Gasteiger partial charge in [-0.1, -0.05) is 5.92 Å². The predicted molar refractivity (Wildman–Crippen MR) is 46.1 cm³/mol. The molecule has 0 aliphatic carbocycles. The summed E-state index contributed by atoms with van der Waals surface area (Å²) in [6.07, 6.45) is 1.75. The quantitative estimate of drug-likeness (QED) is 0.398. The predicted octanol–water partition coefficient (Wildman–Crippen LogP) is 1.78. The molecule has 0 rings (SSSR count). The summed E-state index contributed by atoms with van der Waals surface area (Å²) in [6, 6.07) is 2.37. The molecular weight excluding hydrogens is 169 g/mol. The Morgan fingerprint density at radius 2 is 1.70 bits per heavy atom. The van der Waals surface area contributed by atoms with Gasteiger partial charge < -0.3 is 5.73 Å². The molecule has 0 amide bonds. The second kappa shape index (κ2) is 7.05. The Balaban J connectivity index is 3.57. The second-order valence-corrected chi connectivity index (χ2v) is 2.70. The van der Waals surface area contributed by atoms with Crippen molar-refractivity contribution in [1.82, 2.24) is 0 Å². The zero-order valence-corrected chi connectivity index (χ0v) is 7.25. The van der Waals surface area contributed by atoms with Crippen molar-refractivity contribution < 1.29 is 0 Å². The highest BCUT2D eigenvalue weighted by molar-refractivity contribution is 6.18. The molecule has 0 aromatic heterocycles. The maximum atomic E-state index is 5.52. The van der Waals surface area contributed by atoms with Gasteiger partial charge in [-0.3, -0.25) is 0 Å². The lowest BCUT2D eigenvalue weighted by Gasteiger charge is -2.03. The van der Waals surface area contributed by atoms with Crippen molar-refractivity contribution in [2.45, 2.75) is 12.8 Å². The first kappa shape index (κ1) is 9.94. The van der Waals surface area contributed by atoms with Crippen molar-refractivity contribution in [2.24, 2.45) is 11.7 Å². The average molecular weight is 180 g/mol. The van der Waals surface area contributed by atoms with E-state index in [1.165, 1.54) is 0 Å². The van der Waals surface area contributed by atoms with Crippen LogP contribution in [0.2, 0.25) is 0 Å². The minimum atomic E-state index is 0.278. The molecule has 1 nitrogen and oxygen atoms in total. The van der Waals surface area contributed by atoms with Crippen molar-refractivity contribution in [1.29, 1.82) is 0 Å². The highest BCUT2D eigenvalue weighted by Crippen LogP contribution is 2.08. The average Bonchev–Trinajstić information content (AvgIpc) is 1.90. The molecule has 0 heterocycles. The molecule has 0 aliphatic rings. The van der Waals surface area contributed by atoms with E-state index in [-0.39, 0.29) is 5.92 Å². The Hall–Kier alpha value is -0.0600. The second-order valence-electron chi connectivity index (χ2n) is 1.94. The molecule has 10 heavy (non-hydrogen) atoms. The molecule has 0 unspecified atom stereocenters. The van der Waals surface area contributed by atoms with Crippen molar-refractivity contribution in [3.05, 3.63) is 0 Å². The molecule has 0 aliphatic heterocycles. The van der Waals surface area contributed by atoms with E-state index in [0.29, 0.717) is 11.8 Å². The van der Waals surface area contributed by atoms with E-state index in [2.05, 4.69) is 12.0 Å². The van der Waals surface area contributed by atoms with Crippen molar-refractivity contribution in [2.75, 3.05) is 11.8 Å². The Morgan fingerprint density at radius 1 is 1.20 bits per heavy atom. The third-order valence-electron chi connectivity index (χ3n) is 1.20. The van der Waals surface area contributed by atoms with Crippen molar-refractivity contribution in [3.63, 3.8) is 0 Å². The molecule has 0 bridgehead atoms. The molecule has 58 valence electrons. The fourth-order valence-electron chi connectivity index (χ4n) is 0.670. The lowest BCUT2D eigenvalue weighted by Crippen LogP contribution is -2.00. The first-order valence-corrected chi connectivity index (χ1v) is 4.25. The van der Waals surface area contributed by atoms with Gasteiger partial charge in [-0.25, -0.2) is 0 Å². The van der Waals surface area contributed by atoms with Crippen LogP contribution < -0.4 is 5.73 Å². The number of hydrogen-bond donors (Lipinski definition) is 1. The monoisotopic (exact) mass is 179 g/mol. The van der Waals surface area contributed by atoms with Gasteiger partial charge in [0.2, 0.25) is 0 Å². The van der Waals surface area contributed by atoms with E-state index in [0.717, 1.165) is 12.8 Å². The van der Waals surface area contributed by atoms with Gasteiger partial charge in [0, 0.05) is 23.7 Å². The van der Waals surface area contributed by atoms with Crippen LogP contribution in [0.3, 0.4) is 0 Å². The van der Waals surface area contributed by atoms with Crippen LogP contribution in [0.5, 0.6) is 0 Å². The molecular formula is C7H11Cl2N. The minimum Gasteiger partial charge on any atom is -0.359 e. The Bertz CT molecular complexity index is 119. The summed E-state index contributed by atoms with van der Waals surface area (Å²) in [5, 5.41) is 0. The minimum absolute atomic E-state index is 0.278. The summed E-state index contributed by atoms with van der Waals surface area (Å²) in [4.78, 5) is 0. The van der Waals surface area contributed by atoms with Crippen LogP contribution >= 0.6 is 23.2 Å². The number of alkyl halides is 2. The van der Waals surface area contributed by atoms with E-state index in [1.54, 1.807) is 0 Å². The Labute approximate surface area is 71.9 Å². The van der Waals surface area contributed by atoms with Gasteiger partial charge in [-0.2, -0.15) is 0 Å². The summed E-state index contributed by atoms with van der Waals surface area (Å²) < 4.78 is 0. The molecule has 0 aromatic carbocycles. The summed E-state index contributed by atoms with van der Waals surface area (Å²) in [7, 11) is 0. The van der Waals surface area contributed by atoms with E-state index in [4.69, 9.17) is 28.9 Å². The smallest absolute Gasteiger partial charge is 0.0243 e. The van der Waals surface area contributed by atoms with Gasteiger partial charge in [0.15, 0.2) is 0 Å². The highest BCUT2D eigenvalue weighted by atomic mass is 35.5. The van der Waals surface area contributed by atoms with Crippen LogP contribution in [0.1, 0.15) is 12.8 Å². The van der Waals surface area contributed by atoms with Crippen LogP contribution in [-0.4, -0.2) is 11.8 Å². The van der Waals surface area contributed by atoms with E-state index < -0.39 is 0 Å². The third-order valence-corrected chi connectivity index (χ3v) is 1.64. The largest absolute Gasteiger partial charge is 0.359 e. The molecule has 0 atom stereocenters. The molecule has 0 radical (unpaired) electrons. The first-order valence-electron chi connectivity index (χ1n) is 3.18. The van der Waals surface area contributed by atoms with E-state index in [9.17, 15) is 0 Å². The summed E-state index contributed by atoms with van der Waals surface area (Å²) in [5.41, 5.74) is 5.04. The number of nitrogens with two attached hydrogens (primary N) is 1. The van der Waals surface area contributed by atoms with Crippen LogP contribution in [-0.2, 0) is 0 Å². The fourth-order valence-corrected chi connectivity index (χ4v) is 1.20. The number of hydrogen-bond acceptors (Lipinski definition) is 1. The number of rotatable bonds is 4. The van der Waals surface area contributed by atoms with E-state index >= 15 is 0 Å². The summed E-state index contributed by atoms with van der Waals surface area (Å²) in [6.45, 7) is 0. The van der Waals surface area contributed by atoms with Gasteiger partial charge >= 0.3 is 0 Å².